The Morgan fingerprint density at radius 3 is 2.79 bits per heavy atom. The van der Waals surface area contributed by atoms with Crippen LogP contribution in [0.5, 0.6) is 0 Å². The van der Waals surface area contributed by atoms with Gasteiger partial charge in [0.05, 0.1) is 11.9 Å². The Morgan fingerprint density at radius 2 is 2.16 bits per heavy atom. The normalized spacial score (nSPS) is 10.9. The summed E-state index contributed by atoms with van der Waals surface area (Å²) in [5.41, 5.74) is 1.34. The van der Waals surface area contributed by atoms with Crippen molar-refractivity contribution in [2.75, 3.05) is 13.7 Å². The first-order chi connectivity index (χ1) is 9.17. The molecule has 0 aliphatic heterocycles. The molecule has 1 aromatic carbocycles. The summed E-state index contributed by atoms with van der Waals surface area (Å²) < 4.78 is 20.7. The number of benzene rings is 1. The summed E-state index contributed by atoms with van der Waals surface area (Å²) in [7, 11) is 1.64. The minimum Gasteiger partial charge on any atom is -0.383 e. The highest BCUT2D eigenvalue weighted by molar-refractivity contribution is 9.08. The molecular formula is C13H15BrFN3O. The summed E-state index contributed by atoms with van der Waals surface area (Å²) in [4.78, 5) is 0. The Morgan fingerprint density at radius 1 is 1.37 bits per heavy atom. The topological polar surface area (TPSA) is 39.9 Å². The Hall–Kier alpha value is -1.27. The highest BCUT2D eigenvalue weighted by Crippen LogP contribution is 2.21. The molecule has 1 heterocycles. The van der Waals surface area contributed by atoms with Gasteiger partial charge in [0, 0.05) is 19.2 Å². The molecule has 0 unspecified atom stereocenters. The van der Waals surface area contributed by atoms with Crippen molar-refractivity contribution in [3.8, 4) is 11.4 Å². The Kier molecular flexibility index (Phi) is 4.66. The van der Waals surface area contributed by atoms with E-state index >= 15 is 0 Å². The second-order valence-corrected chi connectivity index (χ2v) is 4.74. The quantitative estimate of drug-likeness (QED) is 0.793. The van der Waals surface area contributed by atoms with Gasteiger partial charge in [-0.2, -0.15) is 0 Å². The predicted molar refractivity (Wildman–Crippen MR) is 74.7 cm³/mol. The molecule has 0 fully saturated rings. The summed E-state index contributed by atoms with van der Waals surface area (Å²) in [6, 6.07) is 5.08. The van der Waals surface area contributed by atoms with Crippen LogP contribution in [0.15, 0.2) is 18.2 Å². The molecular weight excluding hydrogens is 313 g/mol. The van der Waals surface area contributed by atoms with E-state index in [4.69, 9.17) is 4.74 Å². The van der Waals surface area contributed by atoms with Gasteiger partial charge in [-0.25, -0.2) is 4.39 Å². The number of ether oxygens (including phenoxy) is 1. The molecule has 0 saturated heterocycles. The van der Waals surface area contributed by atoms with Crippen molar-refractivity contribution in [1.29, 1.82) is 0 Å². The molecule has 0 spiro atoms. The minimum atomic E-state index is -0.237. The molecule has 0 atom stereocenters. The predicted octanol–water partition coefficient (Wildman–Crippen LogP) is 2.93. The van der Waals surface area contributed by atoms with Crippen molar-refractivity contribution in [3.05, 3.63) is 35.4 Å². The number of aryl methyl sites for hydroxylation is 1. The molecule has 0 aliphatic rings. The molecule has 6 heteroatoms. The maximum Gasteiger partial charge on any atom is 0.164 e. The number of methoxy groups -OCH3 is 1. The van der Waals surface area contributed by atoms with Crippen LogP contribution in [0.1, 0.15) is 11.4 Å². The van der Waals surface area contributed by atoms with E-state index in [0.717, 1.165) is 11.4 Å². The van der Waals surface area contributed by atoms with Crippen molar-refractivity contribution in [2.45, 2.75) is 18.8 Å². The summed E-state index contributed by atoms with van der Waals surface area (Å²) in [5.74, 6) is 1.22. The first-order valence-corrected chi connectivity index (χ1v) is 7.03. The van der Waals surface area contributed by atoms with Crippen LogP contribution in [0.4, 0.5) is 4.39 Å². The molecule has 0 radical (unpaired) electrons. The van der Waals surface area contributed by atoms with Gasteiger partial charge in [-0.3, -0.25) is 0 Å². The molecule has 1 aromatic heterocycles. The largest absolute Gasteiger partial charge is 0.383 e. The van der Waals surface area contributed by atoms with Crippen molar-refractivity contribution in [1.82, 2.24) is 14.8 Å². The standard InChI is InChI=1S/C13H15BrFN3O/c1-9-3-4-10(7-11(9)15)13-17-16-12(8-14)18(13)5-6-19-2/h3-4,7H,5-6,8H2,1-2H3. The number of halogens is 2. The maximum absolute atomic E-state index is 13.6. The van der Waals surface area contributed by atoms with Gasteiger partial charge in [0.25, 0.3) is 0 Å². The second kappa shape index (κ2) is 6.25. The minimum absolute atomic E-state index is 0.237. The molecule has 2 aromatic rings. The van der Waals surface area contributed by atoms with E-state index in [2.05, 4.69) is 26.1 Å². The zero-order valence-electron chi connectivity index (χ0n) is 10.9. The SMILES string of the molecule is COCCn1c(CBr)nnc1-c1ccc(C)c(F)c1. The number of rotatable bonds is 5. The monoisotopic (exact) mass is 327 g/mol. The van der Waals surface area contributed by atoms with Crippen LogP contribution >= 0.6 is 15.9 Å². The van der Waals surface area contributed by atoms with Gasteiger partial charge in [0.2, 0.25) is 0 Å². The fraction of sp³-hybridized carbons (Fsp3) is 0.385. The summed E-state index contributed by atoms with van der Waals surface area (Å²) >= 11 is 3.37. The molecule has 0 bridgehead atoms. The van der Waals surface area contributed by atoms with Crippen molar-refractivity contribution < 1.29 is 9.13 Å². The molecule has 102 valence electrons. The van der Waals surface area contributed by atoms with Gasteiger partial charge in [-0.15, -0.1) is 10.2 Å². The lowest BCUT2D eigenvalue weighted by Gasteiger charge is -2.09. The second-order valence-electron chi connectivity index (χ2n) is 4.18. The zero-order valence-corrected chi connectivity index (χ0v) is 12.4. The fourth-order valence-corrected chi connectivity index (χ4v) is 2.21. The number of alkyl halides is 1. The first-order valence-electron chi connectivity index (χ1n) is 5.91. The van der Waals surface area contributed by atoms with Crippen molar-refractivity contribution in [2.24, 2.45) is 0 Å². The van der Waals surface area contributed by atoms with Gasteiger partial charge in [0.1, 0.15) is 11.6 Å². The van der Waals surface area contributed by atoms with E-state index in [1.165, 1.54) is 6.07 Å². The van der Waals surface area contributed by atoms with Gasteiger partial charge in [-0.05, 0) is 18.6 Å². The summed E-state index contributed by atoms with van der Waals surface area (Å²) in [5, 5.41) is 8.84. The molecule has 19 heavy (non-hydrogen) atoms. The van der Waals surface area contributed by atoms with Gasteiger partial charge in [0.15, 0.2) is 5.82 Å². The molecule has 2 rings (SSSR count). The average Bonchev–Trinajstić information content (AvgIpc) is 2.82. The van der Waals surface area contributed by atoms with E-state index in [-0.39, 0.29) is 5.82 Å². The van der Waals surface area contributed by atoms with Crippen LogP contribution in [0.3, 0.4) is 0 Å². The molecule has 0 amide bonds. The van der Waals surface area contributed by atoms with Gasteiger partial charge >= 0.3 is 0 Å². The molecule has 0 aliphatic carbocycles. The number of nitrogens with zero attached hydrogens (tertiary/aromatic N) is 3. The molecule has 4 nitrogen and oxygen atoms in total. The number of aromatic nitrogens is 3. The molecule has 0 N–H and O–H groups in total. The lowest BCUT2D eigenvalue weighted by atomic mass is 10.1. The van der Waals surface area contributed by atoms with E-state index in [1.807, 2.05) is 10.6 Å². The number of hydrogen-bond donors (Lipinski definition) is 0. The van der Waals surface area contributed by atoms with Crippen LogP contribution in [0.25, 0.3) is 11.4 Å². The van der Waals surface area contributed by atoms with E-state index in [9.17, 15) is 4.39 Å². The van der Waals surface area contributed by atoms with Crippen LogP contribution in [0.2, 0.25) is 0 Å². The van der Waals surface area contributed by atoms with Crippen LogP contribution in [-0.2, 0) is 16.6 Å². The highest BCUT2D eigenvalue weighted by atomic mass is 79.9. The first kappa shape index (κ1) is 14.1. The Bertz CT molecular complexity index is 571. The van der Waals surface area contributed by atoms with Gasteiger partial charge in [-0.1, -0.05) is 28.1 Å². The Balaban J connectivity index is 2.42. The smallest absolute Gasteiger partial charge is 0.164 e. The number of hydrogen-bond acceptors (Lipinski definition) is 3. The Labute approximate surface area is 119 Å². The molecule has 0 saturated carbocycles. The summed E-state index contributed by atoms with van der Waals surface area (Å²) in [6.45, 7) is 2.92. The van der Waals surface area contributed by atoms with Crippen LogP contribution in [-0.4, -0.2) is 28.5 Å². The van der Waals surface area contributed by atoms with Crippen LogP contribution < -0.4 is 0 Å². The lowest BCUT2D eigenvalue weighted by molar-refractivity contribution is 0.187. The van der Waals surface area contributed by atoms with E-state index in [1.54, 1.807) is 20.1 Å². The maximum atomic E-state index is 13.6. The highest BCUT2D eigenvalue weighted by Gasteiger charge is 2.13. The third-order valence-electron chi connectivity index (χ3n) is 2.90. The van der Waals surface area contributed by atoms with Gasteiger partial charge < -0.3 is 9.30 Å². The van der Waals surface area contributed by atoms with Crippen molar-refractivity contribution >= 4 is 15.9 Å². The van der Waals surface area contributed by atoms with Crippen LogP contribution in [0, 0.1) is 12.7 Å². The third-order valence-corrected chi connectivity index (χ3v) is 3.40. The zero-order chi connectivity index (χ0) is 13.8. The van der Waals surface area contributed by atoms with E-state index < -0.39 is 0 Å². The average molecular weight is 328 g/mol. The fourth-order valence-electron chi connectivity index (χ4n) is 1.80. The lowest BCUT2D eigenvalue weighted by Crippen LogP contribution is -2.09. The summed E-state index contributed by atoms with van der Waals surface area (Å²) in [6.07, 6.45) is 0. The van der Waals surface area contributed by atoms with E-state index in [0.29, 0.717) is 29.9 Å². The van der Waals surface area contributed by atoms with Crippen molar-refractivity contribution in [3.63, 3.8) is 0 Å². The third kappa shape index (κ3) is 3.01.